The highest BCUT2D eigenvalue weighted by Gasteiger charge is 2.31. The molecule has 162 valence electrons. The number of hydrogen-bond acceptors (Lipinski definition) is 7. The lowest BCUT2D eigenvalue weighted by molar-refractivity contribution is -0.133. The molecule has 2 heterocycles. The van der Waals surface area contributed by atoms with E-state index in [1.54, 1.807) is 25.7 Å². The molecule has 1 atom stereocenters. The fourth-order valence-corrected chi connectivity index (χ4v) is 4.00. The third-order valence-corrected chi connectivity index (χ3v) is 5.47. The monoisotopic (exact) mass is 451 g/mol. The van der Waals surface area contributed by atoms with E-state index in [1.807, 2.05) is 35.2 Å². The Morgan fingerprint density at radius 1 is 1.17 bits per heavy atom. The van der Waals surface area contributed by atoms with Crippen LogP contribution in [0.3, 0.4) is 0 Å². The van der Waals surface area contributed by atoms with Gasteiger partial charge in [0.25, 0.3) is 0 Å². The molecule has 0 aliphatic carbocycles. The topological polar surface area (TPSA) is 87.7 Å². The Morgan fingerprint density at radius 2 is 1.83 bits per heavy atom. The maximum atomic E-state index is 13.2. The zero-order valence-corrected chi connectivity index (χ0v) is 18.9. The Morgan fingerprint density at radius 3 is 2.40 bits per heavy atom. The smallest absolute Gasteiger partial charge is 0.408 e. The lowest BCUT2D eigenvalue weighted by Gasteiger charge is -2.36. The number of nitrogens with one attached hydrogen (secondary N) is 1. The van der Waals surface area contributed by atoms with E-state index in [-0.39, 0.29) is 5.91 Å². The summed E-state index contributed by atoms with van der Waals surface area (Å²) in [7, 11) is 0. The summed E-state index contributed by atoms with van der Waals surface area (Å²) in [4.78, 5) is 29.4. The third kappa shape index (κ3) is 6.06. The van der Waals surface area contributed by atoms with E-state index in [1.165, 1.54) is 0 Å². The summed E-state index contributed by atoms with van der Waals surface area (Å²) in [5, 5.41) is 3.14. The number of hydrogen-bond donors (Lipinski definition) is 1. The minimum atomic E-state index is -0.710. The molecule has 3 rings (SSSR count). The molecule has 0 spiro atoms. The first-order valence-corrected chi connectivity index (χ1v) is 10.9. The zero-order chi connectivity index (χ0) is 21.7. The van der Waals surface area contributed by atoms with Crippen LogP contribution in [0, 0.1) is 0 Å². The van der Waals surface area contributed by atoms with Gasteiger partial charge in [0, 0.05) is 32.6 Å². The Bertz CT molecular complexity index is 863. The van der Waals surface area contributed by atoms with E-state index < -0.39 is 17.7 Å². The largest absolute Gasteiger partial charge is 0.444 e. The normalized spacial score (nSPS) is 15.6. The molecule has 10 heteroatoms. The van der Waals surface area contributed by atoms with E-state index >= 15 is 0 Å². The summed E-state index contributed by atoms with van der Waals surface area (Å²) in [6, 6.07) is 8.90. The van der Waals surface area contributed by atoms with Crippen molar-refractivity contribution in [2.45, 2.75) is 38.8 Å². The maximum absolute atomic E-state index is 13.2. The highest BCUT2D eigenvalue weighted by Crippen LogP contribution is 2.24. The van der Waals surface area contributed by atoms with E-state index in [0.717, 1.165) is 17.3 Å². The highest BCUT2D eigenvalue weighted by atomic mass is 35.5. The van der Waals surface area contributed by atoms with Crippen LogP contribution in [-0.2, 0) is 16.0 Å². The number of benzene rings is 1. The standard InChI is InChI=1S/C20H26ClN5O3S/c1-20(2,3)29-19(28)22-15(13-14-7-5-4-6-8-14)18(27)26-11-9-25(10-12-26)17-16(21)23-30-24-17/h4-8,15H,9-13H2,1-3H3,(H,22,28). The van der Waals surface area contributed by atoms with Gasteiger partial charge in [0.1, 0.15) is 11.6 Å². The second kappa shape index (κ2) is 9.61. The Kier molecular flexibility index (Phi) is 7.14. The maximum Gasteiger partial charge on any atom is 0.408 e. The van der Waals surface area contributed by atoms with Gasteiger partial charge in [-0.1, -0.05) is 41.9 Å². The fourth-order valence-electron chi connectivity index (χ4n) is 3.22. The molecule has 1 aliphatic rings. The van der Waals surface area contributed by atoms with E-state index in [0.29, 0.717) is 43.6 Å². The second-order valence-electron chi connectivity index (χ2n) is 8.08. The van der Waals surface area contributed by atoms with Gasteiger partial charge in [-0.05, 0) is 26.3 Å². The fraction of sp³-hybridized carbons (Fsp3) is 0.500. The van der Waals surface area contributed by atoms with Crippen LogP contribution in [0.1, 0.15) is 26.3 Å². The molecule has 1 saturated heterocycles. The Hall–Kier alpha value is -2.39. The molecule has 2 amide bonds. The summed E-state index contributed by atoms with van der Waals surface area (Å²) in [5.74, 6) is 0.522. The molecule has 1 N–H and O–H groups in total. The number of nitrogens with zero attached hydrogens (tertiary/aromatic N) is 4. The number of rotatable bonds is 5. The number of carbonyl (C=O) groups excluding carboxylic acids is 2. The van der Waals surface area contributed by atoms with Crippen molar-refractivity contribution in [3.63, 3.8) is 0 Å². The van der Waals surface area contributed by atoms with Gasteiger partial charge in [0.05, 0.1) is 11.7 Å². The van der Waals surface area contributed by atoms with Crippen LogP contribution in [0.25, 0.3) is 0 Å². The van der Waals surface area contributed by atoms with Crippen LogP contribution in [0.5, 0.6) is 0 Å². The van der Waals surface area contributed by atoms with Gasteiger partial charge in [-0.3, -0.25) is 4.79 Å². The number of ether oxygens (including phenoxy) is 1. The number of anilines is 1. The van der Waals surface area contributed by atoms with Crippen molar-refractivity contribution >= 4 is 41.1 Å². The van der Waals surface area contributed by atoms with Crippen molar-refractivity contribution < 1.29 is 14.3 Å². The van der Waals surface area contributed by atoms with Gasteiger partial charge in [-0.15, -0.1) is 0 Å². The van der Waals surface area contributed by atoms with Crippen molar-refractivity contribution in [2.24, 2.45) is 0 Å². The Balaban J connectivity index is 1.67. The molecule has 1 unspecified atom stereocenters. The number of aromatic nitrogens is 2. The average Bonchev–Trinajstić information content (AvgIpc) is 3.12. The first-order valence-electron chi connectivity index (χ1n) is 9.78. The van der Waals surface area contributed by atoms with Crippen molar-refractivity contribution in [3.05, 3.63) is 41.0 Å². The van der Waals surface area contributed by atoms with Crippen molar-refractivity contribution in [1.82, 2.24) is 19.0 Å². The molecule has 1 aromatic heterocycles. The lowest BCUT2D eigenvalue weighted by Crippen LogP contribution is -2.56. The number of piperazine rings is 1. The number of amides is 2. The Labute approximate surface area is 185 Å². The molecule has 0 radical (unpaired) electrons. The second-order valence-corrected chi connectivity index (χ2v) is 8.97. The first kappa shape index (κ1) is 22.3. The molecular formula is C20H26ClN5O3S. The molecule has 1 aromatic carbocycles. The molecule has 8 nitrogen and oxygen atoms in total. The highest BCUT2D eigenvalue weighted by molar-refractivity contribution is 6.99. The first-order chi connectivity index (χ1) is 14.2. The molecule has 1 fully saturated rings. The molecular weight excluding hydrogens is 426 g/mol. The van der Waals surface area contributed by atoms with Crippen LogP contribution >= 0.6 is 23.3 Å². The van der Waals surface area contributed by atoms with Crippen LogP contribution in [0.2, 0.25) is 5.15 Å². The van der Waals surface area contributed by atoms with Crippen molar-refractivity contribution in [2.75, 3.05) is 31.1 Å². The lowest BCUT2D eigenvalue weighted by atomic mass is 10.0. The van der Waals surface area contributed by atoms with Crippen LogP contribution in [0.15, 0.2) is 30.3 Å². The van der Waals surface area contributed by atoms with E-state index in [4.69, 9.17) is 16.3 Å². The number of alkyl carbamates (subject to hydrolysis) is 1. The average molecular weight is 452 g/mol. The molecule has 1 aliphatic heterocycles. The van der Waals surface area contributed by atoms with Gasteiger partial charge in [0.15, 0.2) is 11.0 Å². The summed E-state index contributed by atoms with van der Waals surface area (Å²) in [6.07, 6.45) is -0.211. The minimum absolute atomic E-state index is 0.133. The van der Waals surface area contributed by atoms with Gasteiger partial charge >= 0.3 is 6.09 Å². The third-order valence-electron chi connectivity index (χ3n) is 4.60. The molecule has 30 heavy (non-hydrogen) atoms. The van der Waals surface area contributed by atoms with Crippen LogP contribution in [0.4, 0.5) is 10.6 Å². The predicted molar refractivity (Wildman–Crippen MR) is 117 cm³/mol. The SMILES string of the molecule is CC(C)(C)OC(=O)NC(Cc1ccccc1)C(=O)N1CCN(c2nsnc2Cl)CC1. The van der Waals surface area contributed by atoms with E-state index in [2.05, 4.69) is 14.1 Å². The summed E-state index contributed by atoms with van der Waals surface area (Å²) >= 11 is 7.14. The van der Waals surface area contributed by atoms with E-state index in [9.17, 15) is 9.59 Å². The molecule has 0 saturated carbocycles. The minimum Gasteiger partial charge on any atom is -0.444 e. The van der Waals surface area contributed by atoms with Crippen molar-refractivity contribution in [1.29, 1.82) is 0 Å². The van der Waals surface area contributed by atoms with Crippen molar-refractivity contribution in [3.8, 4) is 0 Å². The quantitative estimate of drug-likeness (QED) is 0.751. The zero-order valence-electron chi connectivity index (χ0n) is 17.3. The van der Waals surface area contributed by atoms with Crippen LogP contribution < -0.4 is 10.2 Å². The van der Waals surface area contributed by atoms with Gasteiger partial charge in [-0.25, -0.2) is 4.79 Å². The number of halogens is 1. The summed E-state index contributed by atoms with van der Waals surface area (Å²) < 4.78 is 13.6. The summed E-state index contributed by atoms with van der Waals surface area (Å²) in [6.45, 7) is 7.58. The van der Waals surface area contributed by atoms with Crippen LogP contribution in [-0.4, -0.2) is 63.5 Å². The summed E-state index contributed by atoms with van der Waals surface area (Å²) in [5.41, 5.74) is 0.322. The van der Waals surface area contributed by atoms with Gasteiger partial charge < -0.3 is 19.9 Å². The molecule has 2 aromatic rings. The molecule has 0 bridgehead atoms. The van der Waals surface area contributed by atoms with Gasteiger partial charge in [-0.2, -0.15) is 8.75 Å². The predicted octanol–water partition coefficient (Wildman–Crippen LogP) is 2.98. The van der Waals surface area contributed by atoms with Gasteiger partial charge in [0.2, 0.25) is 5.91 Å². The number of carbonyl (C=O) groups is 2.